The van der Waals surface area contributed by atoms with Gasteiger partial charge in [0.25, 0.3) is 5.91 Å². The van der Waals surface area contributed by atoms with Crippen molar-refractivity contribution in [1.82, 2.24) is 14.7 Å². The van der Waals surface area contributed by atoms with Crippen molar-refractivity contribution in [3.05, 3.63) is 71.0 Å². The first-order chi connectivity index (χ1) is 17.3. The van der Waals surface area contributed by atoms with Crippen LogP contribution in [0, 0.1) is 5.82 Å². The van der Waals surface area contributed by atoms with E-state index in [9.17, 15) is 22.4 Å². The third-order valence-corrected chi connectivity index (χ3v) is 6.49. The van der Waals surface area contributed by atoms with Crippen LogP contribution >= 0.6 is 0 Å². The summed E-state index contributed by atoms with van der Waals surface area (Å²) < 4.78 is 65.0. The number of morpholine rings is 2. The quantitative estimate of drug-likeness (QED) is 0.510. The van der Waals surface area contributed by atoms with E-state index in [0.29, 0.717) is 58.1 Å². The fourth-order valence-electron chi connectivity index (χ4n) is 4.55. The normalized spacial score (nSPS) is 19.8. The summed E-state index contributed by atoms with van der Waals surface area (Å²) in [6.07, 6.45) is -4.73. The van der Waals surface area contributed by atoms with E-state index in [1.807, 2.05) is 4.90 Å². The summed E-state index contributed by atoms with van der Waals surface area (Å²) in [7, 11) is 0. The Balaban J connectivity index is 1.42. The molecule has 2 aromatic rings. The van der Waals surface area contributed by atoms with Gasteiger partial charge < -0.3 is 14.4 Å². The maximum atomic E-state index is 14.4. The molecule has 0 radical (unpaired) electrons. The minimum atomic E-state index is -4.39. The lowest BCUT2D eigenvalue weighted by Crippen LogP contribution is -2.50. The van der Waals surface area contributed by atoms with Crippen molar-refractivity contribution in [1.29, 1.82) is 0 Å². The molecule has 6 nitrogen and oxygen atoms in total. The first-order valence-electron chi connectivity index (χ1n) is 12.1. The van der Waals surface area contributed by atoms with E-state index in [2.05, 4.69) is 4.90 Å². The number of rotatable bonds is 8. The molecule has 1 amide bonds. The van der Waals surface area contributed by atoms with Crippen molar-refractivity contribution in [3.8, 4) is 0 Å². The number of carbonyl (C=O) groups excluding carboxylic acids is 1. The molecule has 10 heteroatoms. The summed E-state index contributed by atoms with van der Waals surface area (Å²) in [5.74, 6) is -0.977. The zero-order chi connectivity index (χ0) is 25.5. The van der Waals surface area contributed by atoms with Crippen LogP contribution in [0.3, 0.4) is 0 Å². The fraction of sp³-hybridized carbons (Fsp3) is 0.500. The lowest BCUT2D eigenvalue weighted by atomic mass is 10.1. The number of ether oxygens (including phenoxy) is 2. The van der Waals surface area contributed by atoms with E-state index in [4.69, 9.17) is 9.47 Å². The number of hydrogen-bond acceptors (Lipinski definition) is 5. The Labute approximate surface area is 208 Å². The molecule has 0 saturated carbocycles. The van der Waals surface area contributed by atoms with E-state index < -0.39 is 23.5 Å². The standard InChI is InChI=1S/C26H31F4N3O3/c27-24-7-2-1-6-23(24)25(34)33(9-8-31-10-13-35-14-11-31)19-22-18-32(12-15-36-22)17-20-4-3-5-21(16-20)26(28,29)30/h1-7,16,22H,8-15,17-19H2. The third-order valence-electron chi connectivity index (χ3n) is 6.49. The molecule has 0 spiro atoms. The first kappa shape index (κ1) is 26.5. The molecule has 2 heterocycles. The van der Waals surface area contributed by atoms with Crippen molar-refractivity contribution in [2.24, 2.45) is 0 Å². The maximum Gasteiger partial charge on any atom is 0.416 e. The first-order valence-corrected chi connectivity index (χ1v) is 12.1. The van der Waals surface area contributed by atoms with Crippen LogP contribution in [0.4, 0.5) is 17.6 Å². The second-order valence-corrected chi connectivity index (χ2v) is 9.11. The van der Waals surface area contributed by atoms with E-state index in [1.165, 1.54) is 24.3 Å². The van der Waals surface area contributed by atoms with Crippen LogP contribution in [0.15, 0.2) is 48.5 Å². The number of halogens is 4. The van der Waals surface area contributed by atoms with Gasteiger partial charge >= 0.3 is 6.18 Å². The van der Waals surface area contributed by atoms with Crippen LogP contribution in [0.25, 0.3) is 0 Å². The topological polar surface area (TPSA) is 45.2 Å². The molecule has 196 valence electrons. The molecule has 4 rings (SSSR count). The Bertz CT molecular complexity index is 1010. The molecule has 0 aromatic heterocycles. The maximum absolute atomic E-state index is 14.4. The molecule has 2 aliphatic heterocycles. The van der Waals surface area contributed by atoms with E-state index in [0.717, 1.165) is 19.2 Å². The highest BCUT2D eigenvalue weighted by molar-refractivity contribution is 5.94. The Morgan fingerprint density at radius 3 is 2.50 bits per heavy atom. The van der Waals surface area contributed by atoms with Crippen LogP contribution in [-0.4, -0.2) is 92.3 Å². The largest absolute Gasteiger partial charge is 0.416 e. The van der Waals surface area contributed by atoms with Crippen LogP contribution in [0.5, 0.6) is 0 Å². The summed E-state index contributed by atoms with van der Waals surface area (Å²) in [6.45, 7) is 5.87. The van der Waals surface area contributed by atoms with Gasteiger partial charge in [0.1, 0.15) is 5.82 Å². The van der Waals surface area contributed by atoms with E-state index in [-0.39, 0.29) is 18.2 Å². The number of amides is 1. The highest BCUT2D eigenvalue weighted by Crippen LogP contribution is 2.30. The van der Waals surface area contributed by atoms with Crippen LogP contribution in [0.2, 0.25) is 0 Å². The van der Waals surface area contributed by atoms with Crippen LogP contribution in [0.1, 0.15) is 21.5 Å². The highest BCUT2D eigenvalue weighted by Gasteiger charge is 2.31. The highest BCUT2D eigenvalue weighted by atomic mass is 19.4. The molecule has 2 fully saturated rings. The summed E-state index contributed by atoms with van der Waals surface area (Å²) in [4.78, 5) is 19.1. The monoisotopic (exact) mass is 509 g/mol. The van der Waals surface area contributed by atoms with Crippen LogP contribution in [-0.2, 0) is 22.2 Å². The van der Waals surface area contributed by atoms with Gasteiger partial charge in [0.2, 0.25) is 0 Å². The van der Waals surface area contributed by atoms with Gasteiger partial charge in [-0.2, -0.15) is 13.2 Å². The zero-order valence-corrected chi connectivity index (χ0v) is 20.1. The summed E-state index contributed by atoms with van der Waals surface area (Å²) in [5, 5.41) is 0. The Morgan fingerprint density at radius 1 is 1.00 bits per heavy atom. The molecular formula is C26H31F4N3O3. The SMILES string of the molecule is O=C(c1ccccc1F)N(CCN1CCOCC1)CC1CN(Cc2cccc(C(F)(F)F)c2)CCO1. The molecule has 2 aliphatic rings. The van der Waals surface area contributed by atoms with Crippen molar-refractivity contribution in [3.63, 3.8) is 0 Å². The Kier molecular flexibility index (Phi) is 8.95. The Hall–Kier alpha value is -2.53. The van der Waals surface area contributed by atoms with Crippen molar-refractivity contribution in [2.45, 2.75) is 18.8 Å². The van der Waals surface area contributed by atoms with Gasteiger partial charge in [-0.25, -0.2) is 4.39 Å². The summed E-state index contributed by atoms with van der Waals surface area (Å²) in [6, 6.07) is 11.2. The third kappa shape index (κ3) is 7.25. The zero-order valence-electron chi connectivity index (χ0n) is 20.1. The van der Waals surface area contributed by atoms with Gasteiger partial charge in [0, 0.05) is 52.4 Å². The molecule has 0 N–H and O–H groups in total. The fourth-order valence-corrected chi connectivity index (χ4v) is 4.55. The van der Waals surface area contributed by atoms with Gasteiger partial charge in [-0.15, -0.1) is 0 Å². The van der Waals surface area contributed by atoms with Gasteiger partial charge in [0.05, 0.1) is 37.1 Å². The molecule has 0 bridgehead atoms. The molecule has 0 aliphatic carbocycles. The predicted molar refractivity (Wildman–Crippen MR) is 126 cm³/mol. The Morgan fingerprint density at radius 2 is 1.75 bits per heavy atom. The average Bonchev–Trinajstić information content (AvgIpc) is 2.87. The second-order valence-electron chi connectivity index (χ2n) is 9.11. The average molecular weight is 510 g/mol. The molecule has 1 atom stereocenters. The van der Waals surface area contributed by atoms with Crippen molar-refractivity contribution < 1.29 is 31.8 Å². The molecule has 1 unspecified atom stereocenters. The smallest absolute Gasteiger partial charge is 0.379 e. The van der Waals surface area contributed by atoms with Crippen molar-refractivity contribution >= 4 is 5.91 Å². The number of nitrogens with zero attached hydrogens (tertiary/aromatic N) is 3. The lowest BCUT2D eigenvalue weighted by Gasteiger charge is -2.37. The summed E-state index contributed by atoms with van der Waals surface area (Å²) in [5.41, 5.74) is -0.0947. The number of benzene rings is 2. The van der Waals surface area contributed by atoms with Gasteiger partial charge in [-0.05, 0) is 23.8 Å². The second kappa shape index (κ2) is 12.1. The minimum Gasteiger partial charge on any atom is -0.379 e. The predicted octanol–water partition coefficient (Wildman–Crippen LogP) is 3.52. The van der Waals surface area contributed by atoms with E-state index >= 15 is 0 Å². The lowest BCUT2D eigenvalue weighted by molar-refractivity contribution is -0.137. The molecule has 2 aromatic carbocycles. The molecule has 2 saturated heterocycles. The number of hydrogen-bond donors (Lipinski definition) is 0. The minimum absolute atomic E-state index is 0.0103. The number of alkyl halides is 3. The van der Waals surface area contributed by atoms with Gasteiger partial charge in [0.15, 0.2) is 0 Å². The number of carbonyl (C=O) groups is 1. The molecule has 36 heavy (non-hydrogen) atoms. The van der Waals surface area contributed by atoms with E-state index in [1.54, 1.807) is 23.1 Å². The molecular weight excluding hydrogens is 478 g/mol. The van der Waals surface area contributed by atoms with Gasteiger partial charge in [-0.1, -0.05) is 30.3 Å². The van der Waals surface area contributed by atoms with Crippen molar-refractivity contribution in [2.75, 3.05) is 65.6 Å². The summed E-state index contributed by atoms with van der Waals surface area (Å²) >= 11 is 0. The van der Waals surface area contributed by atoms with Crippen LogP contribution < -0.4 is 0 Å². The van der Waals surface area contributed by atoms with Gasteiger partial charge in [-0.3, -0.25) is 14.6 Å².